The minimum atomic E-state index is -0.346. The van der Waals surface area contributed by atoms with Crippen LogP contribution >= 0.6 is 11.6 Å². The highest BCUT2D eigenvalue weighted by Crippen LogP contribution is 2.20. The highest BCUT2D eigenvalue weighted by atomic mass is 35.5. The Hall–Kier alpha value is -1.95. The van der Waals surface area contributed by atoms with Crippen molar-refractivity contribution in [2.24, 2.45) is 10.9 Å². The molecule has 0 fully saturated rings. The lowest BCUT2D eigenvalue weighted by atomic mass is 10.3. The second-order valence-corrected chi connectivity index (χ2v) is 4.33. The molecule has 0 saturated carbocycles. The maximum Gasteiger partial charge on any atom is 0.322 e. The van der Waals surface area contributed by atoms with Crippen LogP contribution in [0.4, 0.5) is 10.5 Å². The normalized spacial score (nSPS) is 11.2. The minimum Gasteiger partial charge on any atom is -0.409 e. The van der Waals surface area contributed by atoms with Crippen LogP contribution in [0.2, 0.25) is 5.02 Å². The second kappa shape index (κ2) is 7.48. The quantitative estimate of drug-likeness (QED) is 0.335. The number of benzene rings is 1. The Bertz CT molecular complexity index is 465. The van der Waals surface area contributed by atoms with Crippen molar-refractivity contribution < 1.29 is 10.0 Å². The highest BCUT2D eigenvalue weighted by molar-refractivity contribution is 6.33. The number of amides is 2. The number of halogens is 1. The molecular formula is C12H17ClN4O2. The minimum absolute atomic E-state index is 0.0252. The van der Waals surface area contributed by atoms with Crippen LogP contribution in [0.15, 0.2) is 29.4 Å². The number of carbonyl (C=O) groups excluding carboxylic acids is 1. The second-order valence-electron chi connectivity index (χ2n) is 3.92. The molecule has 1 rings (SSSR count). The third-order valence-corrected chi connectivity index (χ3v) is 2.71. The van der Waals surface area contributed by atoms with Gasteiger partial charge in [-0.15, -0.1) is 0 Å². The molecule has 0 unspecified atom stereocenters. The van der Waals surface area contributed by atoms with Crippen LogP contribution in [0.1, 0.15) is 13.3 Å². The van der Waals surface area contributed by atoms with Gasteiger partial charge in [0.05, 0.1) is 17.3 Å². The summed E-state index contributed by atoms with van der Waals surface area (Å²) in [6, 6.07) is 6.59. The van der Waals surface area contributed by atoms with Crippen molar-refractivity contribution in [3.63, 3.8) is 0 Å². The molecule has 0 spiro atoms. The predicted octanol–water partition coefficient (Wildman–Crippen LogP) is 2.33. The van der Waals surface area contributed by atoms with Crippen molar-refractivity contribution in [1.82, 2.24) is 4.90 Å². The smallest absolute Gasteiger partial charge is 0.322 e. The standard InChI is InChI=1S/C12H17ClN4O2/c1-2-7-17(8-11(14)16-19)12(18)15-10-6-4-3-5-9(10)13/h3-6,19H,2,7-8H2,1H3,(H2,14,16)(H,15,18). The van der Waals surface area contributed by atoms with Gasteiger partial charge < -0.3 is 21.2 Å². The van der Waals surface area contributed by atoms with E-state index < -0.39 is 0 Å². The lowest BCUT2D eigenvalue weighted by molar-refractivity contribution is 0.218. The molecule has 0 atom stereocenters. The van der Waals surface area contributed by atoms with Crippen molar-refractivity contribution in [3.05, 3.63) is 29.3 Å². The number of hydrogen-bond acceptors (Lipinski definition) is 3. The molecule has 0 aliphatic carbocycles. The summed E-state index contributed by atoms with van der Waals surface area (Å²) in [7, 11) is 0. The highest BCUT2D eigenvalue weighted by Gasteiger charge is 2.15. The number of amidine groups is 1. The monoisotopic (exact) mass is 284 g/mol. The summed E-state index contributed by atoms with van der Waals surface area (Å²) >= 11 is 5.96. The van der Waals surface area contributed by atoms with E-state index >= 15 is 0 Å². The van der Waals surface area contributed by atoms with E-state index in [1.54, 1.807) is 24.3 Å². The van der Waals surface area contributed by atoms with Crippen LogP contribution in [0, 0.1) is 0 Å². The number of nitrogens with two attached hydrogens (primary N) is 1. The van der Waals surface area contributed by atoms with Gasteiger partial charge in [-0.1, -0.05) is 35.8 Å². The zero-order chi connectivity index (χ0) is 14.3. The first-order valence-electron chi connectivity index (χ1n) is 5.85. The van der Waals surface area contributed by atoms with E-state index in [1.807, 2.05) is 6.92 Å². The Balaban J connectivity index is 2.75. The van der Waals surface area contributed by atoms with E-state index in [-0.39, 0.29) is 18.4 Å². The molecule has 0 saturated heterocycles. The van der Waals surface area contributed by atoms with Gasteiger partial charge in [0.25, 0.3) is 0 Å². The Labute approximate surface area is 116 Å². The topological polar surface area (TPSA) is 90.9 Å². The van der Waals surface area contributed by atoms with Crippen molar-refractivity contribution in [3.8, 4) is 0 Å². The predicted molar refractivity (Wildman–Crippen MR) is 75.7 cm³/mol. The van der Waals surface area contributed by atoms with E-state index in [0.717, 1.165) is 6.42 Å². The van der Waals surface area contributed by atoms with Crippen LogP contribution < -0.4 is 11.1 Å². The van der Waals surface area contributed by atoms with Gasteiger partial charge in [0.15, 0.2) is 5.84 Å². The molecule has 2 amide bonds. The molecule has 0 heterocycles. The average Bonchev–Trinajstić information content (AvgIpc) is 2.40. The van der Waals surface area contributed by atoms with Crippen molar-refractivity contribution in [1.29, 1.82) is 0 Å². The van der Waals surface area contributed by atoms with Gasteiger partial charge in [-0.25, -0.2) is 4.79 Å². The first kappa shape index (κ1) is 15.1. The summed E-state index contributed by atoms with van der Waals surface area (Å²) in [6.45, 7) is 2.48. The third kappa shape index (κ3) is 4.67. The van der Waals surface area contributed by atoms with Gasteiger partial charge in [0.2, 0.25) is 0 Å². The summed E-state index contributed by atoms with van der Waals surface area (Å²) in [6.07, 6.45) is 0.759. The van der Waals surface area contributed by atoms with Gasteiger partial charge in [-0.2, -0.15) is 0 Å². The SMILES string of the molecule is CCCN(CC(N)=NO)C(=O)Nc1ccccc1Cl. The molecule has 19 heavy (non-hydrogen) atoms. The molecule has 1 aromatic carbocycles. The van der Waals surface area contributed by atoms with Gasteiger partial charge in [0.1, 0.15) is 0 Å². The number of urea groups is 1. The Kier molecular flexibility index (Phi) is 5.95. The molecular weight excluding hydrogens is 268 g/mol. The van der Waals surface area contributed by atoms with Crippen LogP contribution in [0.3, 0.4) is 0 Å². The first-order valence-corrected chi connectivity index (χ1v) is 6.23. The van der Waals surface area contributed by atoms with Crippen molar-refractivity contribution >= 4 is 29.2 Å². The zero-order valence-corrected chi connectivity index (χ0v) is 11.4. The van der Waals surface area contributed by atoms with E-state index in [1.165, 1.54) is 4.90 Å². The van der Waals surface area contributed by atoms with Crippen molar-refractivity contribution in [2.75, 3.05) is 18.4 Å². The van der Waals surface area contributed by atoms with Crippen LogP contribution in [0.25, 0.3) is 0 Å². The molecule has 0 aliphatic rings. The van der Waals surface area contributed by atoms with Crippen LogP contribution in [0.5, 0.6) is 0 Å². The fraction of sp³-hybridized carbons (Fsp3) is 0.333. The summed E-state index contributed by atoms with van der Waals surface area (Å²) in [5.41, 5.74) is 5.94. The van der Waals surface area contributed by atoms with Crippen molar-refractivity contribution in [2.45, 2.75) is 13.3 Å². The summed E-state index contributed by atoms with van der Waals surface area (Å²) < 4.78 is 0. The maximum atomic E-state index is 12.1. The number of nitrogens with zero attached hydrogens (tertiary/aromatic N) is 2. The molecule has 0 aromatic heterocycles. The summed E-state index contributed by atoms with van der Waals surface area (Å²) in [5, 5.41) is 14.6. The molecule has 6 nitrogen and oxygen atoms in total. The fourth-order valence-electron chi connectivity index (χ4n) is 1.51. The number of hydrogen-bond donors (Lipinski definition) is 3. The van der Waals surface area contributed by atoms with E-state index in [2.05, 4.69) is 10.5 Å². The number of anilines is 1. The van der Waals surface area contributed by atoms with Gasteiger partial charge in [-0.3, -0.25) is 0 Å². The molecule has 0 bridgehead atoms. The molecule has 7 heteroatoms. The Morgan fingerprint density at radius 2 is 2.21 bits per heavy atom. The van der Waals surface area contributed by atoms with Gasteiger partial charge in [-0.05, 0) is 18.6 Å². The maximum absolute atomic E-state index is 12.1. The van der Waals surface area contributed by atoms with E-state index in [4.69, 9.17) is 22.5 Å². The Morgan fingerprint density at radius 3 is 2.79 bits per heavy atom. The fourth-order valence-corrected chi connectivity index (χ4v) is 1.69. The molecule has 0 radical (unpaired) electrons. The van der Waals surface area contributed by atoms with E-state index in [0.29, 0.717) is 17.3 Å². The van der Waals surface area contributed by atoms with Gasteiger partial charge in [0, 0.05) is 6.54 Å². The molecule has 0 aliphatic heterocycles. The largest absolute Gasteiger partial charge is 0.409 e. The lowest BCUT2D eigenvalue weighted by Crippen LogP contribution is -2.41. The van der Waals surface area contributed by atoms with Crippen LogP contribution in [-0.4, -0.2) is 35.1 Å². The Morgan fingerprint density at radius 1 is 1.53 bits per heavy atom. The number of oxime groups is 1. The van der Waals surface area contributed by atoms with Crippen LogP contribution in [-0.2, 0) is 0 Å². The summed E-state index contributed by atoms with van der Waals surface area (Å²) in [4.78, 5) is 13.5. The zero-order valence-electron chi connectivity index (χ0n) is 10.6. The number of para-hydroxylation sites is 1. The molecule has 4 N–H and O–H groups in total. The molecule has 1 aromatic rings. The number of carbonyl (C=O) groups is 1. The van der Waals surface area contributed by atoms with Gasteiger partial charge >= 0.3 is 6.03 Å². The first-order chi connectivity index (χ1) is 9.08. The summed E-state index contributed by atoms with van der Waals surface area (Å²) in [5.74, 6) is -0.0252. The van der Waals surface area contributed by atoms with E-state index in [9.17, 15) is 4.79 Å². The average molecular weight is 285 g/mol. The number of rotatable bonds is 5. The lowest BCUT2D eigenvalue weighted by Gasteiger charge is -2.22. The number of nitrogens with one attached hydrogen (secondary N) is 1. The third-order valence-electron chi connectivity index (χ3n) is 2.38. The molecule has 104 valence electrons.